The van der Waals surface area contributed by atoms with Crippen LogP contribution in [0.2, 0.25) is 5.02 Å². The Bertz CT molecular complexity index is 1070. The van der Waals surface area contributed by atoms with Gasteiger partial charge in [-0.1, -0.05) is 17.7 Å². The third-order valence-electron chi connectivity index (χ3n) is 4.41. The Hall–Kier alpha value is -2.01. The van der Waals surface area contributed by atoms with Crippen LogP contribution in [0, 0.1) is 12.7 Å². The number of carbonyl (C=O) groups excluding carboxylic acids is 1. The minimum absolute atomic E-state index is 0.0511. The summed E-state index contributed by atoms with van der Waals surface area (Å²) in [6.07, 6.45) is -4.77. The summed E-state index contributed by atoms with van der Waals surface area (Å²) in [6, 6.07) is 5.84. The van der Waals surface area contributed by atoms with Crippen LogP contribution in [-0.4, -0.2) is 34.5 Å². The van der Waals surface area contributed by atoms with Crippen LogP contribution in [0.3, 0.4) is 0 Å². The fraction of sp³-hybridized carbons (Fsp3) is 0.429. The molecule has 0 N–H and O–H groups in total. The van der Waals surface area contributed by atoms with Crippen molar-refractivity contribution in [2.45, 2.75) is 44.5 Å². The molecule has 0 saturated carbocycles. The van der Waals surface area contributed by atoms with Gasteiger partial charge in [-0.3, -0.25) is 9.78 Å². The number of rotatable bonds is 5. The molecule has 1 aromatic heterocycles. The Kier molecular flexibility index (Phi) is 3.85. The van der Waals surface area contributed by atoms with Crippen molar-refractivity contribution in [2.24, 2.45) is 0 Å². The van der Waals surface area contributed by atoms with Crippen LogP contribution in [-0.2, 0) is 6.37 Å². The number of alkyl halides is 1. The van der Waals surface area contributed by atoms with E-state index in [2.05, 4.69) is 4.98 Å². The number of benzene rings is 1. The van der Waals surface area contributed by atoms with Crippen molar-refractivity contribution in [3.63, 3.8) is 0 Å². The zero-order valence-corrected chi connectivity index (χ0v) is 15.2. The quantitative estimate of drug-likeness (QED) is 0.696. The lowest BCUT2D eigenvalue weighted by molar-refractivity contribution is 0.0389. The van der Waals surface area contributed by atoms with E-state index in [4.69, 9.17) is 21.2 Å². The molecule has 1 aliphatic heterocycles. The minimum atomic E-state index is -2.47. The highest BCUT2D eigenvalue weighted by Gasteiger charge is 2.35. The van der Waals surface area contributed by atoms with E-state index in [0.29, 0.717) is 0 Å². The van der Waals surface area contributed by atoms with Crippen molar-refractivity contribution in [3.05, 3.63) is 64.2 Å². The van der Waals surface area contributed by atoms with Gasteiger partial charge >= 0.3 is 0 Å². The monoisotopic (exact) mass is 399 g/mol. The number of piperidine rings is 1. The highest BCUT2D eigenvalue weighted by Crippen LogP contribution is 2.32. The molecule has 0 radical (unpaired) electrons. The van der Waals surface area contributed by atoms with Gasteiger partial charge < -0.3 is 4.90 Å². The Morgan fingerprint density at radius 2 is 2.30 bits per heavy atom. The molecular weight excluding hydrogens is 370 g/mol. The SMILES string of the molecule is [2H]C([2H])([2H])c1ccc(C([2H])([2H])CCC2(F)CCN(C(=O)c3ccc(F)c(Cl)c3)CC2([2H])[2H])nc1. The molecule has 1 aliphatic rings. The molecular formula is C21H23ClF2N2O. The van der Waals surface area contributed by atoms with Crippen molar-refractivity contribution in [2.75, 3.05) is 13.1 Å². The predicted octanol–water partition coefficient (Wildman–Crippen LogP) is 5.15. The van der Waals surface area contributed by atoms with Crippen LogP contribution in [0.4, 0.5) is 8.78 Å². The van der Waals surface area contributed by atoms with Gasteiger partial charge in [-0.25, -0.2) is 8.78 Å². The summed E-state index contributed by atoms with van der Waals surface area (Å²) in [5.41, 5.74) is -2.48. The van der Waals surface area contributed by atoms with Gasteiger partial charge in [0.05, 0.1) is 5.02 Å². The number of halogens is 3. The largest absolute Gasteiger partial charge is 0.338 e. The molecule has 1 atom stereocenters. The van der Waals surface area contributed by atoms with Crippen LogP contribution in [0.5, 0.6) is 0 Å². The second-order valence-electron chi connectivity index (χ2n) is 6.36. The molecule has 1 aromatic carbocycles. The van der Waals surface area contributed by atoms with E-state index in [0.717, 1.165) is 23.2 Å². The van der Waals surface area contributed by atoms with Crippen molar-refractivity contribution >= 4 is 17.5 Å². The minimum Gasteiger partial charge on any atom is -0.338 e. The lowest BCUT2D eigenvalue weighted by Crippen LogP contribution is -2.44. The molecule has 3 rings (SSSR count). The van der Waals surface area contributed by atoms with Crippen LogP contribution >= 0.6 is 11.6 Å². The summed E-state index contributed by atoms with van der Waals surface area (Å²) in [4.78, 5) is 17.7. The lowest BCUT2D eigenvalue weighted by Gasteiger charge is -2.36. The van der Waals surface area contributed by atoms with Crippen LogP contribution in [0.1, 0.15) is 56.8 Å². The molecule has 27 heavy (non-hydrogen) atoms. The Morgan fingerprint density at radius 3 is 2.96 bits per heavy atom. The number of amides is 1. The Balaban J connectivity index is 1.69. The molecule has 2 heterocycles. The lowest BCUT2D eigenvalue weighted by atomic mass is 9.87. The number of aryl methyl sites for hydroxylation is 2. The second-order valence-corrected chi connectivity index (χ2v) is 6.76. The predicted molar refractivity (Wildman–Crippen MR) is 102 cm³/mol. The van der Waals surface area contributed by atoms with Gasteiger partial charge in [0, 0.05) is 40.1 Å². The van der Waals surface area contributed by atoms with Crippen LogP contribution < -0.4 is 0 Å². The van der Waals surface area contributed by atoms with E-state index in [1.807, 2.05) is 0 Å². The molecule has 1 saturated heterocycles. The Morgan fingerprint density at radius 1 is 1.44 bits per heavy atom. The number of aromatic nitrogens is 1. The smallest absolute Gasteiger partial charge is 0.253 e. The van der Waals surface area contributed by atoms with Gasteiger partial charge in [0.2, 0.25) is 0 Å². The van der Waals surface area contributed by atoms with Gasteiger partial charge in [-0.15, -0.1) is 0 Å². The summed E-state index contributed by atoms with van der Waals surface area (Å²) >= 11 is 5.72. The van der Waals surface area contributed by atoms with Crippen molar-refractivity contribution < 1.29 is 23.2 Å². The molecule has 2 aromatic rings. The number of likely N-dealkylation sites (tertiary alicyclic amines) is 1. The van der Waals surface area contributed by atoms with E-state index >= 15 is 4.39 Å². The maximum atomic E-state index is 15.7. The van der Waals surface area contributed by atoms with Gasteiger partial charge in [0.1, 0.15) is 11.5 Å². The number of carbonyl (C=O) groups is 1. The molecule has 144 valence electrons. The van der Waals surface area contributed by atoms with Gasteiger partial charge in [0.15, 0.2) is 0 Å². The Labute approximate surface area is 173 Å². The highest BCUT2D eigenvalue weighted by molar-refractivity contribution is 6.31. The maximum Gasteiger partial charge on any atom is 0.253 e. The number of pyridine rings is 1. The first kappa shape index (κ1) is 12.4. The number of nitrogens with zero attached hydrogens (tertiary/aromatic N) is 2. The summed E-state index contributed by atoms with van der Waals surface area (Å²) in [5, 5.41) is -0.256. The van der Waals surface area contributed by atoms with Crippen molar-refractivity contribution in [3.8, 4) is 0 Å². The van der Waals surface area contributed by atoms with Gasteiger partial charge in [0.25, 0.3) is 5.91 Å². The van der Waals surface area contributed by atoms with E-state index in [1.54, 1.807) is 0 Å². The fourth-order valence-corrected chi connectivity index (χ4v) is 2.98. The summed E-state index contributed by atoms with van der Waals surface area (Å²) < 4.78 is 84.2. The van der Waals surface area contributed by atoms with Gasteiger partial charge in [-0.05, 0) is 68.7 Å². The molecule has 1 unspecified atom stereocenters. The van der Waals surface area contributed by atoms with Crippen LogP contribution in [0.25, 0.3) is 0 Å². The molecule has 0 aliphatic carbocycles. The standard InChI is InChI=1S/C21H23ClF2N2O/c1-15-4-6-17(25-14-15)3-2-8-21(24)9-11-26(12-10-21)20(27)16-5-7-19(23)18(22)13-16/h4-7,13-14H,2-3,8-12H2,1H3/i1D3,3D2,9D2. The molecule has 3 nitrogen and oxygen atoms in total. The molecule has 6 heteroatoms. The van der Waals surface area contributed by atoms with Gasteiger partial charge in [-0.2, -0.15) is 0 Å². The molecule has 0 bridgehead atoms. The molecule has 0 spiro atoms. The first-order chi connectivity index (χ1) is 15.6. The van der Waals surface area contributed by atoms with Crippen LogP contribution in [0.15, 0.2) is 36.5 Å². The van der Waals surface area contributed by atoms with E-state index in [9.17, 15) is 9.18 Å². The first-order valence-corrected chi connectivity index (χ1v) is 8.84. The van der Waals surface area contributed by atoms with Crippen molar-refractivity contribution in [1.29, 1.82) is 0 Å². The maximum absolute atomic E-state index is 15.7. The zero-order chi connectivity index (χ0) is 25.5. The molecule has 1 fully saturated rings. The van der Waals surface area contributed by atoms with E-state index < -0.39 is 56.4 Å². The number of hydrogen-bond donors (Lipinski definition) is 0. The third kappa shape index (κ3) is 5.04. The average molecular weight is 400 g/mol. The van der Waals surface area contributed by atoms with E-state index in [1.165, 1.54) is 18.2 Å². The molecule has 1 amide bonds. The average Bonchev–Trinajstić information content (AvgIpc) is 2.75. The zero-order valence-electron chi connectivity index (χ0n) is 21.4. The topological polar surface area (TPSA) is 33.2 Å². The number of hydrogen-bond acceptors (Lipinski definition) is 2. The first-order valence-electron chi connectivity index (χ1n) is 12.0. The second kappa shape index (κ2) is 8.34. The van der Waals surface area contributed by atoms with Crippen molar-refractivity contribution in [1.82, 2.24) is 9.88 Å². The summed E-state index contributed by atoms with van der Waals surface area (Å²) in [5.74, 6) is -1.31. The van der Waals surface area contributed by atoms with E-state index in [-0.39, 0.29) is 34.8 Å². The summed E-state index contributed by atoms with van der Waals surface area (Å²) in [6.45, 7) is -3.06. The summed E-state index contributed by atoms with van der Waals surface area (Å²) in [7, 11) is 0. The third-order valence-corrected chi connectivity index (χ3v) is 4.70. The normalized spacial score (nSPS) is 26.6. The fourth-order valence-electron chi connectivity index (χ4n) is 2.80. The highest BCUT2D eigenvalue weighted by atomic mass is 35.5.